The summed E-state index contributed by atoms with van der Waals surface area (Å²) in [6.07, 6.45) is 5.40. The van der Waals surface area contributed by atoms with Gasteiger partial charge in [-0.1, -0.05) is 51.6 Å². The number of benzene rings is 1. The van der Waals surface area contributed by atoms with Crippen LogP contribution in [0.2, 0.25) is 0 Å². The number of anilines is 1. The molecule has 4 rings (SSSR count). The summed E-state index contributed by atoms with van der Waals surface area (Å²) < 4.78 is 1.30. The Bertz CT molecular complexity index is 939. The second-order valence-corrected chi connectivity index (χ2v) is 6.04. The molecule has 0 radical (unpaired) electrons. The van der Waals surface area contributed by atoms with Crippen molar-refractivity contribution in [3.05, 3.63) is 69.9 Å². The average molecular weight is 335 g/mol. The fourth-order valence-electron chi connectivity index (χ4n) is 3.10. The van der Waals surface area contributed by atoms with Crippen LogP contribution in [-0.4, -0.2) is 32.6 Å². The standard InChI is InChI=1S/C18H17N5O2/c24-23(25)18-13-19-16-6-7-17(20-22(16)18)21-10-8-15(9-11-21)12-14-4-2-1-3-5-14/h1-7,12-13H,8-11H2. The first-order valence-corrected chi connectivity index (χ1v) is 8.19. The quantitative estimate of drug-likeness (QED) is 0.542. The van der Waals surface area contributed by atoms with Gasteiger partial charge in [-0.3, -0.25) is 0 Å². The van der Waals surface area contributed by atoms with Gasteiger partial charge in [-0.2, -0.15) is 0 Å². The van der Waals surface area contributed by atoms with Crippen LogP contribution in [0.15, 0.2) is 54.2 Å². The van der Waals surface area contributed by atoms with Crippen LogP contribution < -0.4 is 4.90 Å². The van der Waals surface area contributed by atoms with E-state index in [2.05, 4.69) is 33.2 Å². The Morgan fingerprint density at radius 2 is 1.84 bits per heavy atom. The van der Waals surface area contributed by atoms with Crippen LogP contribution in [0.4, 0.5) is 11.6 Å². The molecule has 126 valence electrons. The number of nitrogens with zero attached hydrogens (tertiary/aromatic N) is 5. The molecule has 7 nitrogen and oxygen atoms in total. The Labute approximate surface area is 144 Å². The fourth-order valence-corrected chi connectivity index (χ4v) is 3.10. The number of aromatic nitrogens is 3. The number of piperidine rings is 1. The first-order valence-electron chi connectivity index (χ1n) is 8.19. The maximum absolute atomic E-state index is 11.1. The molecular formula is C18H17N5O2. The molecule has 1 saturated heterocycles. The number of imidazole rings is 1. The van der Waals surface area contributed by atoms with Gasteiger partial charge in [0.25, 0.3) is 0 Å². The highest BCUT2D eigenvalue weighted by Crippen LogP contribution is 2.24. The molecule has 3 aromatic rings. The minimum atomic E-state index is -0.465. The zero-order valence-electron chi connectivity index (χ0n) is 13.6. The van der Waals surface area contributed by atoms with Gasteiger partial charge in [-0.25, -0.2) is 4.98 Å². The molecule has 0 bridgehead atoms. The Balaban J connectivity index is 1.52. The smallest absolute Gasteiger partial charge is 0.358 e. The van der Waals surface area contributed by atoms with Gasteiger partial charge in [0.1, 0.15) is 6.20 Å². The average Bonchev–Trinajstić information content (AvgIpc) is 3.07. The Morgan fingerprint density at radius 3 is 2.56 bits per heavy atom. The molecule has 1 aliphatic heterocycles. The minimum Gasteiger partial charge on any atom is -0.358 e. The van der Waals surface area contributed by atoms with Crippen LogP contribution >= 0.6 is 0 Å². The summed E-state index contributed by atoms with van der Waals surface area (Å²) >= 11 is 0. The van der Waals surface area contributed by atoms with E-state index in [0.29, 0.717) is 5.65 Å². The van der Waals surface area contributed by atoms with Gasteiger partial charge in [-0.05, 0) is 29.4 Å². The number of hydrogen-bond acceptors (Lipinski definition) is 5. The molecule has 1 aromatic carbocycles. The lowest BCUT2D eigenvalue weighted by Crippen LogP contribution is -2.31. The molecule has 0 atom stereocenters. The van der Waals surface area contributed by atoms with E-state index < -0.39 is 4.92 Å². The van der Waals surface area contributed by atoms with Crippen LogP contribution in [0.1, 0.15) is 18.4 Å². The summed E-state index contributed by atoms with van der Waals surface area (Å²) in [5.41, 5.74) is 3.12. The van der Waals surface area contributed by atoms with Gasteiger partial charge in [0, 0.05) is 19.2 Å². The largest absolute Gasteiger partial charge is 0.368 e. The van der Waals surface area contributed by atoms with Gasteiger partial charge >= 0.3 is 5.82 Å². The first kappa shape index (κ1) is 15.3. The number of rotatable bonds is 3. The first-order chi connectivity index (χ1) is 12.2. The highest BCUT2D eigenvalue weighted by atomic mass is 16.6. The number of nitro groups is 1. The van der Waals surface area contributed by atoms with E-state index in [4.69, 9.17) is 0 Å². The third-order valence-electron chi connectivity index (χ3n) is 4.42. The van der Waals surface area contributed by atoms with E-state index in [-0.39, 0.29) is 5.82 Å². The highest BCUT2D eigenvalue weighted by Gasteiger charge is 2.20. The predicted octanol–water partition coefficient (Wildman–Crippen LogP) is 3.32. The number of fused-ring (bicyclic) bond motifs is 1. The molecule has 0 aliphatic carbocycles. The zero-order chi connectivity index (χ0) is 17.2. The van der Waals surface area contributed by atoms with E-state index in [0.717, 1.165) is 31.7 Å². The maximum atomic E-state index is 11.1. The molecule has 3 heterocycles. The van der Waals surface area contributed by atoms with E-state index in [1.807, 2.05) is 24.3 Å². The summed E-state index contributed by atoms with van der Waals surface area (Å²) in [7, 11) is 0. The van der Waals surface area contributed by atoms with E-state index in [1.54, 1.807) is 6.07 Å². The van der Waals surface area contributed by atoms with Crippen LogP contribution in [0.3, 0.4) is 0 Å². The van der Waals surface area contributed by atoms with Crippen molar-refractivity contribution in [3.8, 4) is 0 Å². The molecule has 7 heteroatoms. The maximum Gasteiger partial charge on any atom is 0.368 e. The normalized spacial score (nSPS) is 14.7. The van der Waals surface area contributed by atoms with Crippen LogP contribution in [0, 0.1) is 10.1 Å². The molecule has 0 unspecified atom stereocenters. The van der Waals surface area contributed by atoms with Gasteiger partial charge in [0.15, 0.2) is 5.82 Å². The van der Waals surface area contributed by atoms with Gasteiger partial charge < -0.3 is 15.0 Å². The molecule has 0 N–H and O–H groups in total. The van der Waals surface area contributed by atoms with Crippen molar-refractivity contribution in [1.82, 2.24) is 14.6 Å². The minimum absolute atomic E-state index is 0.112. The Kier molecular flexibility index (Phi) is 3.89. The van der Waals surface area contributed by atoms with Crippen molar-refractivity contribution in [2.75, 3.05) is 18.0 Å². The molecule has 1 aliphatic rings. The molecule has 0 spiro atoms. The summed E-state index contributed by atoms with van der Waals surface area (Å²) in [4.78, 5) is 16.8. The lowest BCUT2D eigenvalue weighted by molar-refractivity contribution is -0.391. The SMILES string of the molecule is O=[N+]([O-])c1cnc2ccc(N3CCC(=Cc4ccccc4)CC3)nn12. The van der Waals surface area contributed by atoms with Gasteiger partial charge in [0.05, 0.1) is 0 Å². The van der Waals surface area contributed by atoms with Crippen LogP contribution in [0.25, 0.3) is 11.7 Å². The lowest BCUT2D eigenvalue weighted by atomic mass is 10.0. The zero-order valence-corrected chi connectivity index (χ0v) is 13.6. The number of hydrogen-bond donors (Lipinski definition) is 0. The van der Waals surface area contributed by atoms with Crippen LogP contribution in [-0.2, 0) is 0 Å². The fraction of sp³-hybridized carbons (Fsp3) is 0.222. The second kappa shape index (κ2) is 6.35. The van der Waals surface area contributed by atoms with E-state index in [1.165, 1.54) is 21.8 Å². The van der Waals surface area contributed by atoms with Crippen LogP contribution in [0.5, 0.6) is 0 Å². The molecule has 2 aromatic heterocycles. The third-order valence-corrected chi connectivity index (χ3v) is 4.42. The van der Waals surface area contributed by atoms with Crippen molar-refractivity contribution < 1.29 is 4.92 Å². The van der Waals surface area contributed by atoms with E-state index >= 15 is 0 Å². The topological polar surface area (TPSA) is 76.6 Å². The van der Waals surface area contributed by atoms with Crippen molar-refractivity contribution in [3.63, 3.8) is 0 Å². The third kappa shape index (κ3) is 3.08. The summed E-state index contributed by atoms with van der Waals surface area (Å²) in [6.45, 7) is 1.69. The van der Waals surface area contributed by atoms with E-state index in [9.17, 15) is 10.1 Å². The van der Waals surface area contributed by atoms with Gasteiger partial charge in [-0.15, -0.1) is 0 Å². The van der Waals surface area contributed by atoms with Crippen molar-refractivity contribution in [2.24, 2.45) is 0 Å². The predicted molar refractivity (Wildman–Crippen MR) is 95.5 cm³/mol. The van der Waals surface area contributed by atoms with Crippen molar-refractivity contribution >= 4 is 23.4 Å². The Hall–Kier alpha value is -3.22. The molecule has 0 saturated carbocycles. The molecular weight excluding hydrogens is 318 g/mol. The summed E-state index contributed by atoms with van der Waals surface area (Å²) in [5.74, 6) is 0.630. The van der Waals surface area contributed by atoms with Crippen molar-refractivity contribution in [2.45, 2.75) is 12.8 Å². The van der Waals surface area contributed by atoms with Gasteiger partial charge in [0.2, 0.25) is 5.65 Å². The lowest BCUT2D eigenvalue weighted by Gasteiger charge is -2.28. The summed E-state index contributed by atoms with van der Waals surface area (Å²) in [6, 6.07) is 13.9. The monoisotopic (exact) mass is 335 g/mol. The molecule has 1 fully saturated rings. The Morgan fingerprint density at radius 1 is 1.08 bits per heavy atom. The highest BCUT2D eigenvalue weighted by molar-refractivity contribution is 5.55. The summed E-state index contributed by atoms with van der Waals surface area (Å²) in [5, 5.41) is 15.5. The van der Waals surface area contributed by atoms with Crippen molar-refractivity contribution in [1.29, 1.82) is 0 Å². The molecule has 25 heavy (non-hydrogen) atoms. The second-order valence-electron chi connectivity index (χ2n) is 6.04. The molecule has 0 amide bonds.